The van der Waals surface area contributed by atoms with Gasteiger partial charge in [0.15, 0.2) is 0 Å². The summed E-state index contributed by atoms with van der Waals surface area (Å²) in [6, 6.07) is 4.08. The molecule has 0 saturated heterocycles. The highest BCUT2D eigenvalue weighted by Crippen LogP contribution is 2.32. The van der Waals surface area contributed by atoms with E-state index in [9.17, 15) is 15.3 Å². The van der Waals surface area contributed by atoms with Crippen LogP contribution in [0, 0.1) is 22.7 Å². The maximum atomic E-state index is 12.2. The number of rotatable bonds is 6. The van der Waals surface area contributed by atoms with Crippen molar-refractivity contribution in [2.24, 2.45) is 0 Å². The second-order valence-electron chi connectivity index (χ2n) is 6.01. The summed E-state index contributed by atoms with van der Waals surface area (Å²) in [4.78, 5) is 17.7. The van der Waals surface area contributed by atoms with Crippen molar-refractivity contribution in [3.05, 3.63) is 22.9 Å². The molecule has 27 heavy (non-hydrogen) atoms. The van der Waals surface area contributed by atoms with E-state index in [0.717, 1.165) is 11.8 Å². The van der Waals surface area contributed by atoms with Crippen molar-refractivity contribution < 1.29 is 14.1 Å². The fourth-order valence-electron chi connectivity index (χ4n) is 2.30. The minimum absolute atomic E-state index is 0.0206. The third-order valence-electron chi connectivity index (χ3n) is 3.50. The van der Waals surface area contributed by atoms with Crippen molar-refractivity contribution in [3.8, 4) is 12.1 Å². The Hall–Kier alpha value is -3.31. The quantitative estimate of drug-likeness (QED) is 0.540. The molecule has 0 spiro atoms. The summed E-state index contributed by atoms with van der Waals surface area (Å²) in [6.07, 6.45) is 1.51. The van der Waals surface area contributed by atoms with E-state index >= 15 is 0 Å². The number of nitrogens with one attached hydrogen (secondary N) is 1. The molecule has 0 atom stereocenters. The zero-order valence-electron chi connectivity index (χ0n) is 15.3. The topological polar surface area (TPSA) is 149 Å². The van der Waals surface area contributed by atoms with Crippen LogP contribution in [0.3, 0.4) is 0 Å². The molecular weight excluding hydrogens is 368 g/mol. The van der Waals surface area contributed by atoms with Crippen LogP contribution < -0.4 is 20.9 Å². The van der Waals surface area contributed by atoms with Gasteiger partial charge in [-0.25, -0.2) is 4.98 Å². The van der Waals surface area contributed by atoms with Gasteiger partial charge < -0.3 is 5.73 Å². The van der Waals surface area contributed by atoms with Gasteiger partial charge in [-0.05, 0) is 11.5 Å². The van der Waals surface area contributed by atoms with E-state index in [1.54, 1.807) is 19.1 Å². The standard InChI is InChI=1S/C16H18N8O2S/c1-9(2)14-10(5-17)15(19)21-16(11(14)6-18)27-8-12(25)20-13-7-24(22-26-13)23(3)4/h7,9H,8H2,1-4H3,(H2-,19,20,21,22,25)/p+1. The Labute approximate surface area is 160 Å². The maximum absolute atomic E-state index is 12.2. The molecule has 10 nitrogen and oxygen atoms in total. The number of carbonyl (C=O) groups excluding carboxylic acids is 1. The molecule has 2 aromatic rings. The summed E-state index contributed by atoms with van der Waals surface area (Å²) in [5.74, 6) is -0.242. The van der Waals surface area contributed by atoms with Crippen LogP contribution in [0.2, 0.25) is 0 Å². The van der Waals surface area contributed by atoms with Crippen LogP contribution in [0.15, 0.2) is 15.7 Å². The van der Waals surface area contributed by atoms with Gasteiger partial charge in [-0.1, -0.05) is 25.6 Å². The van der Waals surface area contributed by atoms with Gasteiger partial charge in [-0.2, -0.15) is 15.5 Å². The molecular formula is C16H19N8O2S+. The van der Waals surface area contributed by atoms with Crippen molar-refractivity contribution in [2.45, 2.75) is 24.8 Å². The SMILES string of the molecule is CC(C)c1c(C#N)c(N)nc(SCC(=O)Nc2c[n+](N(C)C)no2)c1C#N. The molecule has 0 bridgehead atoms. The monoisotopic (exact) mass is 387 g/mol. The second-order valence-corrected chi connectivity index (χ2v) is 6.98. The number of anilines is 2. The Morgan fingerprint density at radius 3 is 2.59 bits per heavy atom. The first-order valence-corrected chi connectivity index (χ1v) is 8.89. The average Bonchev–Trinajstić information content (AvgIpc) is 3.07. The molecule has 3 N–H and O–H groups in total. The first kappa shape index (κ1) is 20.0. The van der Waals surface area contributed by atoms with Crippen LogP contribution >= 0.6 is 11.8 Å². The molecule has 140 valence electrons. The average molecular weight is 387 g/mol. The van der Waals surface area contributed by atoms with Crippen molar-refractivity contribution in [2.75, 3.05) is 35.9 Å². The molecule has 0 aliphatic heterocycles. The number of pyridine rings is 1. The molecule has 0 aliphatic carbocycles. The van der Waals surface area contributed by atoms with Crippen LogP contribution in [0.4, 0.5) is 11.7 Å². The minimum Gasteiger partial charge on any atom is -0.383 e. The summed E-state index contributed by atoms with van der Waals surface area (Å²) < 4.78 is 5.00. The summed E-state index contributed by atoms with van der Waals surface area (Å²) in [5.41, 5.74) is 6.87. The van der Waals surface area contributed by atoms with Crippen LogP contribution in [0.5, 0.6) is 0 Å². The van der Waals surface area contributed by atoms with E-state index in [-0.39, 0.29) is 40.4 Å². The van der Waals surface area contributed by atoms with E-state index < -0.39 is 0 Å². The fourth-order valence-corrected chi connectivity index (χ4v) is 3.10. The Morgan fingerprint density at radius 1 is 1.41 bits per heavy atom. The Morgan fingerprint density at radius 2 is 2.07 bits per heavy atom. The predicted octanol–water partition coefficient (Wildman–Crippen LogP) is 0.734. The van der Waals surface area contributed by atoms with Gasteiger partial charge in [0.05, 0.1) is 35.8 Å². The lowest BCUT2D eigenvalue weighted by Crippen LogP contribution is -2.53. The number of hydrogen-bond acceptors (Lipinski definition) is 9. The lowest BCUT2D eigenvalue weighted by atomic mass is 9.94. The summed E-state index contributed by atoms with van der Waals surface area (Å²) in [6.45, 7) is 3.73. The van der Waals surface area contributed by atoms with Gasteiger partial charge in [0.1, 0.15) is 23.0 Å². The molecule has 2 aromatic heterocycles. The zero-order chi connectivity index (χ0) is 20.1. The van der Waals surface area contributed by atoms with Gasteiger partial charge >= 0.3 is 5.88 Å². The van der Waals surface area contributed by atoms with E-state index in [1.165, 1.54) is 11.0 Å². The fraction of sp³-hybridized carbons (Fsp3) is 0.375. The molecule has 2 heterocycles. The van der Waals surface area contributed by atoms with Crippen LogP contribution in [-0.4, -0.2) is 36.0 Å². The lowest BCUT2D eigenvalue weighted by molar-refractivity contribution is -0.753. The number of aromatic nitrogens is 3. The number of hydrogen-bond donors (Lipinski definition) is 2. The zero-order valence-corrected chi connectivity index (χ0v) is 16.2. The first-order valence-electron chi connectivity index (χ1n) is 7.90. The molecule has 2 rings (SSSR count). The first-order chi connectivity index (χ1) is 12.8. The van der Waals surface area contributed by atoms with E-state index in [1.807, 2.05) is 19.9 Å². The van der Waals surface area contributed by atoms with E-state index in [2.05, 4.69) is 21.6 Å². The maximum Gasteiger partial charge on any atom is 0.305 e. The highest BCUT2D eigenvalue weighted by Gasteiger charge is 2.22. The highest BCUT2D eigenvalue weighted by atomic mass is 32.2. The number of carbonyl (C=O) groups is 1. The van der Waals surface area contributed by atoms with Crippen molar-refractivity contribution in [1.29, 1.82) is 10.5 Å². The number of amides is 1. The van der Waals surface area contributed by atoms with E-state index in [0.29, 0.717) is 10.6 Å². The Bertz CT molecular complexity index is 939. The molecule has 0 aromatic carbocycles. The number of nitriles is 2. The number of nitrogen functional groups attached to an aromatic ring is 1. The van der Waals surface area contributed by atoms with Gasteiger partial charge in [0.25, 0.3) is 6.20 Å². The van der Waals surface area contributed by atoms with E-state index in [4.69, 9.17) is 10.3 Å². The summed E-state index contributed by atoms with van der Waals surface area (Å²) in [7, 11) is 3.53. The van der Waals surface area contributed by atoms with Crippen molar-refractivity contribution in [3.63, 3.8) is 0 Å². The molecule has 11 heteroatoms. The number of nitrogens with zero attached hydrogens (tertiary/aromatic N) is 6. The molecule has 0 aliphatic rings. The summed E-state index contributed by atoms with van der Waals surface area (Å²) >= 11 is 1.06. The second kappa shape index (κ2) is 8.38. The Balaban J connectivity index is 2.18. The molecule has 0 radical (unpaired) electrons. The number of thioether (sulfide) groups is 1. The van der Waals surface area contributed by atoms with Crippen molar-refractivity contribution in [1.82, 2.24) is 10.3 Å². The van der Waals surface area contributed by atoms with Crippen LogP contribution in [-0.2, 0) is 4.79 Å². The van der Waals surface area contributed by atoms with Gasteiger partial charge in [0, 0.05) is 0 Å². The molecule has 1 amide bonds. The van der Waals surface area contributed by atoms with Crippen LogP contribution in [0.25, 0.3) is 0 Å². The highest BCUT2D eigenvalue weighted by molar-refractivity contribution is 8.00. The van der Waals surface area contributed by atoms with Gasteiger partial charge in [-0.3, -0.25) is 14.6 Å². The van der Waals surface area contributed by atoms with Gasteiger partial charge in [-0.15, -0.1) is 0 Å². The normalized spacial score (nSPS) is 10.3. The smallest absolute Gasteiger partial charge is 0.305 e. The predicted molar refractivity (Wildman–Crippen MR) is 98.3 cm³/mol. The summed E-state index contributed by atoms with van der Waals surface area (Å²) in [5, 5.41) is 27.1. The van der Waals surface area contributed by atoms with Gasteiger partial charge in [0.2, 0.25) is 11.2 Å². The third-order valence-corrected chi connectivity index (χ3v) is 4.47. The minimum atomic E-state index is -0.359. The third kappa shape index (κ3) is 4.46. The Kier molecular flexibility index (Phi) is 6.21. The molecule has 0 unspecified atom stereocenters. The van der Waals surface area contributed by atoms with Crippen LogP contribution in [0.1, 0.15) is 36.5 Å². The molecule has 0 fully saturated rings. The lowest BCUT2D eigenvalue weighted by Gasteiger charge is -2.14. The largest absolute Gasteiger partial charge is 0.383 e. The van der Waals surface area contributed by atoms with Crippen molar-refractivity contribution >= 4 is 29.4 Å². The molecule has 0 saturated carbocycles. The number of nitrogens with two attached hydrogens (primary N) is 1.